The van der Waals surface area contributed by atoms with E-state index in [1.54, 1.807) is 14.1 Å². The molecule has 3 nitrogen and oxygen atoms in total. The summed E-state index contributed by atoms with van der Waals surface area (Å²) in [7, 11) is 7.52. The summed E-state index contributed by atoms with van der Waals surface area (Å²) in [5.74, 6) is 0.0926. The number of rotatable bonds is 1. The summed E-state index contributed by atoms with van der Waals surface area (Å²) in [4.78, 5) is 13.7. The van der Waals surface area contributed by atoms with Crippen LogP contribution in [-0.2, 0) is 4.79 Å². The van der Waals surface area contributed by atoms with Crippen molar-refractivity contribution in [3.05, 3.63) is 30.3 Å². The molecule has 0 aliphatic rings. The Morgan fingerprint density at radius 1 is 1.00 bits per heavy atom. The van der Waals surface area contributed by atoms with Gasteiger partial charge >= 0.3 is 0 Å². The highest BCUT2D eigenvalue weighted by atomic mass is 16.2. The molecule has 0 saturated carbocycles. The standard InChI is InChI=1S/C8H11N.C4H9NO/c1-9(2)8-6-4-3-5-7-8;1-4(6)5(2)3/h3-7H,1-2H3;1-3H3. The molecular formula is C12H20N2O. The van der Waals surface area contributed by atoms with Gasteiger partial charge < -0.3 is 9.80 Å². The number of anilines is 1. The molecule has 0 fully saturated rings. The molecule has 0 unspecified atom stereocenters. The van der Waals surface area contributed by atoms with Crippen LogP contribution in [0.1, 0.15) is 6.92 Å². The topological polar surface area (TPSA) is 23.6 Å². The van der Waals surface area contributed by atoms with Crippen LogP contribution < -0.4 is 4.90 Å². The van der Waals surface area contributed by atoms with E-state index in [-0.39, 0.29) is 5.91 Å². The van der Waals surface area contributed by atoms with E-state index in [1.165, 1.54) is 17.5 Å². The summed E-state index contributed by atoms with van der Waals surface area (Å²) < 4.78 is 0. The van der Waals surface area contributed by atoms with E-state index >= 15 is 0 Å². The van der Waals surface area contributed by atoms with E-state index in [0.717, 1.165) is 0 Å². The van der Waals surface area contributed by atoms with Gasteiger partial charge in [0, 0.05) is 40.8 Å². The number of amides is 1. The number of carbonyl (C=O) groups excluding carboxylic acids is 1. The highest BCUT2D eigenvalue weighted by Crippen LogP contribution is 2.07. The van der Waals surface area contributed by atoms with Crippen LogP contribution in [0.5, 0.6) is 0 Å². The monoisotopic (exact) mass is 208 g/mol. The average molecular weight is 208 g/mol. The van der Waals surface area contributed by atoms with Gasteiger partial charge in [-0.25, -0.2) is 0 Å². The van der Waals surface area contributed by atoms with Crippen LogP contribution in [0.2, 0.25) is 0 Å². The summed E-state index contributed by atoms with van der Waals surface area (Å²) in [6.07, 6.45) is 0. The molecule has 0 radical (unpaired) electrons. The van der Waals surface area contributed by atoms with E-state index in [2.05, 4.69) is 17.0 Å². The lowest BCUT2D eigenvalue weighted by Gasteiger charge is -2.10. The van der Waals surface area contributed by atoms with Gasteiger partial charge in [0.2, 0.25) is 5.91 Å². The number of hydrogen-bond donors (Lipinski definition) is 0. The molecule has 1 aromatic rings. The number of carbonyl (C=O) groups is 1. The van der Waals surface area contributed by atoms with Crippen LogP contribution in [0.4, 0.5) is 5.69 Å². The smallest absolute Gasteiger partial charge is 0.218 e. The Kier molecular flexibility index (Phi) is 6.18. The van der Waals surface area contributed by atoms with Crippen molar-refractivity contribution in [2.45, 2.75) is 6.92 Å². The second-order valence-electron chi connectivity index (χ2n) is 3.64. The van der Waals surface area contributed by atoms with Gasteiger partial charge in [-0.05, 0) is 12.1 Å². The third-order valence-corrected chi connectivity index (χ3v) is 1.90. The Bertz CT molecular complexity index is 281. The maximum absolute atomic E-state index is 10.1. The minimum absolute atomic E-state index is 0.0926. The first-order chi connectivity index (χ1) is 6.95. The van der Waals surface area contributed by atoms with E-state index in [4.69, 9.17) is 0 Å². The SMILES string of the molecule is CC(=O)N(C)C.CN(C)c1ccccc1. The fraction of sp³-hybridized carbons (Fsp3) is 0.417. The second kappa shape index (κ2) is 6.87. The summed E-state index contributed by atoms with van der Waals surface area (Å²) in [6, 6.07) is 10.3. The molecule has 84 valence electrons. The number of hydrogen-bond acceptors (Lipinski definition) is 2. The van der Waals surface area contributed by atoms with Crippen LogP contribution in [0.3, 0.4) is 0 Å². The van der Waals surface area contributed by atoms with Crippen LogP contribution in [0, 0.1) is 0 Å². The zero-order valence-electron chi connectivity index (χ0n) is 10.2. The quantitative estimate of drug-likeness (QED) is 0.703. The van der Waals surface area contributed by atoms with Gasteiger partial charge in [-0.3, -0.25) is 4.79 Å². The minimum Gasteiger partial charge on any atom is -0.378 e. The van der Waals surface area contributed by atoms with Gasteiger partial charge in [0.1, 0.15) is 0 Å². The van der Waals surface area contributed by atoms with Gasteiger partial charge in [-0.2, -0.15) is 0 Å². The molecule has 0 aliphatic heterocycles. The first-order valence-corrected chi connectivity index (χ1v) is 4.85. The molecule has 0 saturated heterocycles. The van der Waals surface area contributed by atoms with Crippen LogP contribution in [0.25, 0.3) is 0 Å². The van der Waals surface area contributed by atoms with Crippen molar-refractivity contribution in [2.75, 3.05) is 33.1 Å². The maximum atomic E-state index is 10.1. The first kappa shape index (κ1) is 13.5. The molecule has 1 rings (SSSR count). The van der Waals surface area contributed by atoms with E-state index in [1.807, 2.05) is 32.3 Å². The normalized spacial score (nSPS) is 8.60. The van der Waals surface area contributed by atoms with E-state index in [0.29, 0.717) is 0 Å². The van der Waals surface area contributed by atoms with E-state index in [9.17, 15) is 4.79 Å². The number of nitrogens with zero attached hydrogens (tertiary/aromatic N) is 2. The molecule has 3 heteroatoms. The van der Waals surface area contributed by atoms with Gasteiger partial charge in [0.05, 0.1) is 0 Å². The van der Waals surface area contributed by atoms with Crippen molar-refractivity contribution in [2.24, 2.45) is 0 Å². The zero-order valence-corrected chi connectivity index (χ0v) is 10.2. The maximum Gasteiger partial charge on any atom is 0.218 e. The number of para-hydroxylation sites is 1. The Balaban J connectivity index is 0.000000288. The van der Waals surface area contributed by atoms with Crippen molar-refractivity contribution < 1.29 is 4.79 Å². The summed E-state index contributed by atoms with van der Waals surface area (Å²) >= 11 is 0. The molecule has 0 atom stereocenters. The molecule has 0 spiro atoms. The van der Waals surface area contributed by atoms with E-state index < -0.39 is 0 Å². The molecule has 1 amide bonds. The fourth-order valence-corrected chi connectivity index (χ4v) is 0.726. The largest absolute Gasteiger partial charge is 0.378 e. The van der Waals surface area contributed by atoms with Crippen molar-refractivity contribution >= 4 is 11.6 Å². The summed E-state index contributed by atoms with van der Waals surface area (Å²) in [5.41, 5.74) is 1.25. The van der Waals surface area contributed by atoms with Crippen LogP contribution in [0.15, 0.2) is 30.3 Å². The zero-order chi connectivity index (χ0) is 11.8. The fourth-order valence-electron chi connectivity index (χ4n) is 0.726. The third kappa shape index (κ3) is 6.55. The predicted molar refractivity (Wildman–Crippen MR) is 65.1 cm³/mol. The lowest BCUT2D eigenvalue weighted by atomic mass is 10.3. The molecule has 0 aromatic heterocycles. The van der Waals surface area contributed by atoms with Crippen LogP contribution >= 0.6 is 0 Å². The van der Waals surface area contributed by atoms with Crippen LogP contribution in [-0.4, -0.2) is 39.0 Å². The highest BCUT2D eigenvalue weighted by Gasteiger charge is 1.88. The molecule has 1 aromatic carbocycles. The van der Waals surface area contributed by atoms with Gasteiger partial charge in [0.25, 0.3) is 0 Å². The molecular weight excluding hydrogens is 188 g/mol. The lowest BCUT2D eigenvalue weighted by molar-refractivity contribution is -0.126. The Morgan fingerprint density at radius 3 is 1.60 bits per heavy atom. The molecule has 0 heterocycles. The van der Waals surface area contributed by atoms with Gasteiger partial charge in [-0.15, -0.1) is 0 Å². The van der Waals surface area contributed by atoms with Crippen molar-refractivity contribution in [1.29, 1.82) is 0 Å². The van der Waals surface area contributed by atoms with Crippen molar-refractivity contribution in [3.8, 4) is 0 Å². The Labute approximate surface area is 92.3 Å². The highest BCUT2D eigenvalue weighted by molar-refractivity contribution is 5.72. The predicted octanol–water partition coefficient (Wildman–Crippen LogP) is 1.85. The number of benzene rings is 1. The lowest BCUT2D eigenvalue weighted by Crippen LogP contribution is -2.17. The summed E-state index contributed by atoms with van der Waals surface area (Å²) in [5, 5.41) is 0. The summed E-state index contributed by atoms with van der Waals surface area (Å²) in [6.45, 7) is 1.53. The second-order valence-corrected chi connectivity index (χ2v) is 3.64. The van der Waals surface area contributed by atoms with Crippen molar-refractivity contribution in [3.63, 3.8) is 0 Å². The molecule has 0 N–H and O–H groups in total. The van der Waals surface area contributed by atoms with Gasteiger partial charge in [0.15, 0.2) is 0 Å². The molecule has 0 bridgehead atoms. The first-order valence-electron chi connectivity index (χ1n) is 4.85. The van der Waals surface area contributed by atoms with Gasteiger partial charge in [-0.1, -0.05) is 18.2 Å². The third-order valence-electron chi connectivity index (χ3n) is 1.90. The molecule has 0 aliphatic carbocycles. The Morgan fingerprint density at radius 2 is 1.40 bits per heavy atom. The molecule has 15 heavy (non-hydrogen) atoms. The Hall–Kier alpha value is -1.51. The average Bonchev–Trinajstić information content (AvgIpc) is 2.20. The minimum atomic E-state index is 0.0926. The van der Waals surface area contributed by atoms with Crippen molar-refractivity contribution in [1.82, 2.24) is 4.90 Å².